The first-order chi connectivity index (χ1) is 12.5. The molecule has 0 atom stereocenters. The summed E-state index contributed by atoms with van der Waals surface area (Å²) in [7, 11) is 0. The van der Waals surface area contributed by atoms with Crippen molar-refractivity contribution in [3.05, 3.63) is 57.9 Å². The molecule has 1 amide bonds. The Morgan fingerprint density at radius 2 is 1.88 bits per heavy atom. The normalized spacial score (nSPS) is 10.9. The van der Waals surface area contributed by atoms with Crippen LogP contribution in [0, 0.1) is 20.8 Å². The summed E-state index contributed by atoms with van der Waals surface area (Å²) in [6.45, 7) is 8.17. The number of aromatic nitrogens is 3. The Bertz CT molecular complexity index is 912. The molecular formula is C20H24N4OS. The SMILES string of the molecule is CCCCc1c(C)nn(-c2nc(C)c(C(=O)Nc3ccccc3)s2)c1C. The van der Waals surface area contributed by atoms with Crippen molar-refractivity contribution in [2.75, 3.05) is 5.32 Å². The quantitative estimate of drug-likeness (QED) is 0.677. The summed E-state index contributed by atoms with van der Waals surface area (Å²) in [5.41, 5.74) is 4.94. The largest absolute Gasteiger partial charge is 0.321 e. The lowest BCUT2D eigenvalue weighted by Crippen LogP contribution is -2.11. The van der Waals surface area contributed by atoms with Crippen molar-refractivity contribution >= 4 is 22.9 Å². The van der Waals surface area contributed by atoms with E-state index in [0.29, 0.717) is 4.88 Å². The van der Waals surface area contributed by atoms with Crippen molar-refractivity contribution < 1.29 is 4.79 Å². The average molecular weight is 369 g/mol. The topological polar surface area (TPSA) is 59.8 Å². The van der Waals surface area contributed by atoms with Crippen molar-refractivity contribution in [3.8, 4) is 5.13 Å². The molecule has 3 aromatic rings. The summed E-state index contributed by atoms with van der Waals surface area (Å²) >= 11 is 1.38. The molecule has 0 radical (unpaired) electrons. The van der Waals surface area contributed by atoms with Crippen LogP contribution in [0.1, 0.15) is 52.1 Å². The van der Waals surface area contributed by atoms with Crippen molar-refractivity contribution in [1.82, 2.24) is 14.8 Å². The van der Waals surface area contributed by atoms with E-state index in [2.05, 4.69) is 29.2 Å². The second-order valence-electron chi connectivity index (χ2n) is 6.40. The first-order valence-electron chi connectivity index (χ1n) is 8.90. The Morgan fingerprint density at radius 1 is 1.15 bits per heavy atom. The van der Waals surface area contributed by atoms with E-state index in [1.54, 1.807) is 0 Å². The van der Waals surface area contributed by atoms with Gasteiger partial charge in [-0.3, -0.25) is 4.79 Å². The lowest BCUT2D eigenvalue weighted by molar-refractivity contribution is 0.103. The van der Waals surface area contributed by atoms with Gasteiger partial charge in [0.25, 0.3) is 5.91 Å². The van der Waals surface area contributed by atoms with Gasteiger partial charge in [0.2, 0.25) is 5.13 Å². The molecule has 0 unspecified atom stereocenters. The predicted octanol–water partition coefficient (Wildman–Crippen LogP) is 4.85. The van der Waals surface area contributed by atoms with Crippen LogP contribution < -0.4 is 5.32 Å². The molecule has 1 N–H and O–H groups in total. The fraction of sp³-hybridized carbons (Fsp3) is 0.350. The third-order valence-electron chi connectivity index (χ3n) is 4.43. The van der Waals surface area contributed by atoms with E-state index >= 15 is 0 Å². The van der Waals surface area contributed by atoms with Crippen LogP contribution in [0.2, 0.25) is 0 Å². The highest BCUT2D eigenvalue weighted by Crippen LogP contribution is 2.26. The van der Waals surface area contributed by atoms with E-state index in [1.807, 2.05) is 48.9 Å². The van der Waals surface area contributed by atoms with Gasteiger partial charge in [-0.05, 0) is 51.3 Å². The molecule has 2 heterocycles. The highest BCUT2D eigenvalue weighted by atomic mass is 32.1. The second kappa shape index (κ2) is 7.83. The number of hydrogen-bond donors (Lipinski definition) is 1. The van der Waals surface area contributed by atoms with E-state index in [0.717, 1.165) is 47.2 Å². The molecule has 6 heteroatoms. The molecule has 0 aliphatic heterocycles. The summed E-state index contributed by atoms with van der Waals surface area (Å²) < 4.78 is 1.87. The third kappa shape index (κ3) is 3.70. The van der Waals surface area contributed by atoms with Crippen molar-refractivity contribution in [3.63, 3.8) is 0 Å². The van der Waals surface area contributed by atoms with E-state index in [1.165, 1.54) is 16.9 Å². The van der Waals surface area contributed by atoms with Gasteiger partial charge < -0.3 is 5.32 Å². The number of unbranched alkanes of at least 4 members (excludes halogenated alkanes) is 1. The summed E-state index contributed by atoms with van der Waals surface area (Å²) in [6.07, 6.45) is 3.33. The van der Waals surface area contributed by atoms with Crippen LogP contribution >= 0.6 is 11.3 Å². The standard InChI is InChI=1S/C20H24N4OS/c1-5-6-12-17-13(2)23-24(15(17)4)20-21-14(3)18(26-20)19(25)22-16-10-8-7-9-11-16/h7-11H,5-6,12H2,1-4H3,(H,22,25). The average Bonchev–Trinajstić information content (AvgIpc) is 3.14. The van der Waals surface area contributed by atoms with Crippen LogP contribution in [0.25, 0.3) is 5.13 Å². The Kier molecular flexibility index (Phi) is 5.52. The maximum Gasteiger partial charge on any atom is 0.267 e. The fourth-order valence-corrected chi connectivity index (χ4v) is 3.94. The van der Waals surface area contributed by atoms with E-state index in [-0.39, 0.29) is 5.91 Å². The molecular weight excluding hydrogens is 344 g/mol. The minimum absolute atomic E-state index is 0.134. The zero-order valence-electron chi connectivity index (χ0n) is 15.7. The van der Waals surface area contributed by atoms with Crippen molar-refractivity contribution in [2.45, 2.75) is 47.0 Å². The number of nitrogens with one attached hydrogen (secondary N) is 1. The molecule has 1 aromatic carbocycles. The van der Waals surface area contributed by atoms with Crippen LogP contribution in [-0.2, 0) is 6.42 Å². The van der Waals surface area contributed by atoms with Crippen LogP contribution in [0.3, 0.4) is 0 Å². The van der Waals surface area contributed by atoms with E-state index < -0.39 is 0 Å². The first kappa shape index (κ1) is 18.3. The van der Waals surface area contributed by atoms with Gasteiger partial charge in [0.05, 0.1) is 11.4 Å². The number of hydrogen-bond acceptors (Lipinski definition) is 4. The third-order valence-corrected chi connectivity index (χ3v) is 5.56. The Labute approximate surface area is 158 Å². The summed E-state index contributed by atoms with van der Waals surface area (Å²) in [5, 5.41) is 8.33. The van der Waals surface area contributed by atoms with E-state index in [4.69, 9.17) is 0 Å². The van der Waals surface area contributed by atoms with Crippen molar-refractivity contribution in [2.24, 2.45) is 0 Å². The maximum atomic E-state index is 12.6. The summed E-state index contributed by atoms with van der Waals surface area (Å²) in [5.74, 6) is -0.134. The number of carbonyl (C=O) groups excluding carboxylic acids is 1. The highest BCUT2D eigenvalue weighted by molar-refractivity contribution is 7.16. The summed E-state index contributed by atoms with van der Waals surface area (Å²) in [4.78, 5) is 17.8. The monoisotopic (exact) mass is 368 g/mol. The van der Waals surface area contributed by atoms with Gasteiger partial charge in [-0.1, -0.05) is 42.9 Å². The van der Waals surface area contributed by atoms with Gasteiger partial charge in [0.1, 0.15) is 4.88 Å². The first-order valence-corrected chi connectivity index (χ1v) is 9.72. The zero-order valence-corrected chi connectivity index (χ0v) is 16.5. The number of rotatable bonds is 6. The molecule has 0 aliphatic rings. The number of aryl methyl sites for hydroxylation is 2. The molecule has 0 saturated carbocycles. The van der Waals surface area contributed by atoms with Crippen LogP contribution in [0.15, 0.2) is 30.3 Å². The molecule has 2 aromatic heterocycles. The van der Waals surface area contributed by atoms with Gasteiger partial charge in [-0.25, -0.2) is 9.67 Å². The number of nitrogens with zero attached hydrogens (tertiary/aromatic N) is 3. The van der Waals surface area contributed by atoms with Gasteiger partial charge in [-0.15, -0.1) is 0 Å². The molecule has 0 fully saturated rings. The number of para-hydroxylation sites is 1. The molecule has 0 aliphatic carbocycles. The number of carbonyl (C=O) groups is 1. The number of amides is 1. The molecule has 0 bridgehead atoms. The molecule has 0 saturated heterocycles. The molecule has 26 heavy (non-hydrogen) atoms. The maximum absolute atomic E-state index is 12.6. The van der Waals surface area contributed by atoms with Crippen LogP contribution in [0.5, 0.6) is 0 Å². The van der Waals surface area contributed by atoms with Crippen LogP contribution in [-0.4, -0.2) is 20.7 Å². The fourth-order valence-electron chi connectivity index (χ4n) is 2.97. The molecule has 5 nitrogen and oxygen atoms in total. The highest BCUT2D eigenvalue weighted by Gasteiger charge is 2.20. The number of thiazole rings is 1. The molecule has 0 spiro atoms. The van der Waals surface area contributed by atoms with Crippen molar-refractivity contribution in [1.29, 1.82) is 0 Å². The Balaban J connectivity index is 1.87. The number of benzene rings is 1. The number of anilines is 1. The van der Waals surface area contributed by atoms with Crippen LogP contribution in [0.4, 0.5) is 5.69 Å². The summed E-state index contributed by atoms with van der Waals surface area (Å²) in [6, 6.07) is 9.46. The zero-order chi connectivity index (χ0) is 18.7. The second-order valence-corrected chi connectivity index (χ2v) is 7.37. The minimum atomic E-state index is -0.134. The van der Waals surface area contributed by atoms with E-state index in [9.17, 15) is 4.79 Å². The van der Waals surface area contributed by atoms with Gasteiger partial charge in [0, 0.05) is 11.4 Å². The van der Waals surface area contributed by atoms with Gasteiger partial charge in [-0.2, -0.15) is 5.10 Å². The minimum Gasteiger partial charge on any atom is -0.321 e. The smallest absolute Gasteiger partial charge is 0.267 e. The van der Waals surface area contributed by atoms with Gasteiger partial charge in [0.15, 0.2) is 0 Å². The lowest BCUT2D eigenvalue weighted by atomic mass is 10.1. The Morgan fingerprint density at radius 3 is 2.58 bits per heavy atom. The lowest BCUT2D eigenvalue weighted by Gasteiger charge is -2.03. The Hall–Kier alpha value is -2.47. The molecule has 136 valence electrons. The molecule has 3 rings (SSSR count). The van der Waals surface area contributed by atoms with Gasteiger partial charge >= 0.3 is 0 Å². The predicted molar refractivity (Wildman–Crippen MR) is 106 cm³/mol.